The predicted molar refractivity (Wildman–Crippen MR) is 125 cm³/mol. The van der Waals surface area contributed by atoms with Crippen LogP contribution in [0, 0.1) is 6.92 Å². The molecular weight excluding hydrogens is 408 g/mol. The molecule has 156 valence electrons. The molecule has 2 heterocycles. The van der Waals surface area contributed by atoms with Gasteiger partial charge in [-0.3, -0.25) is 4.79 Å². The van der Waals surface area contributed by atoms with Crippen molar-refractivity contribution in [2.24, 2.45) is 0 Å². The number of anilines is 1. The largest absolute Gasteiger partial charge is 0.452 e. The second kappa shape index (κ2) is 9.10. The lowest BCUT2D eigenvalue weighted by Gasteiger charge is -2.13. The number of esters is 1. The van der Waals surface area contributed by atoms with E-state index in [1.165, 1.54) is 0 Å². The lowest BCUT2D eigenvalue weighted by Crippen LogP contribution is -2.22. The van der Waals surface area contributed by atoms with E-state index in [1.54, 1.807) is 17.4 Å². The molecule has 0 aliphatic carbocycles. The second-order valence-corrected chi connectivity index (χ2v) is 8.08. The molecule has 1 amide bonds. The number of hydrogen-bond acceptors (Lipinski definition) is 5. The molecule has 0 bridgehead atoms. The van der Waals surface area contributed by atoms with Gasteiger partial charge >= 0.3 is 5.97 Å². The molecule has 1 N–H and O–H groups in total. The highest BCUT2D eigenvalue weighted by molar-refractivity contribution is 7.13. The predicted octanol–water partition coefficient (Wildman–Crippen LogP) is 5.63. The minimum absolute atomic E-state index is 0.360. The Balaban J connectivity index is 1.54. The van der Waals surface area contributed by atoms with Gasteiger partial charge in [0.15, 0.2) is 6.61 Å². The number of nitrogens with one attached hydrogen (secondary N) is 1. The molecule has 2 aromatic heterocycles. The fourth-order valence-electron chi connectivity index (χ4n) is 3.48. The number of ether oxygens (including phenoxy) is 1. The van der Waals surface area contributed by atoms with E-state index in [0.29, 0.717) is 22.2 Å². The van der Waals surface area contributed by atoms with Crippen molar-refractivity contribution in [3.05, 3.63) is 82.7 Å². The van der Waals surface area contributed by atoms with Crippen LogP contribution in [0.2, 0.25) is 0 Å². The first kappa shape index (κ1) is 20.8. The van der Waals surface area contributed by atoms with Crippen LogP contribution in [0.5, 0.6) is 0 Å². The molecule has 0 radical (unpaired) electrons. The van der Waals surface area contributed by atoms with Crippen LogP contribution in [0.15, 0.2) is 66.0 Å². The maximum absolute atomic E-state index is 12.9. The molecule has 0 saturated carbocycles. The fourth-order valence-corrected chi connectivity index (χ4v) is 4.17. The van der Waals surface area contributed by atoms with Gasteiger partial charge < -0.3 is 10.1 Å². The normalized spacial score (nSPS) is 10.8. The second-order valence-electron chi connectivity index (χ2n) is 7.14. The van der Waals surface area contributed by atoms with E-state index in [0.717, 1.165) is 28.1 Å². The van der Waals surface area contributed by atoms with Crippen molar-refractivity contribution in [1.82, 2.24) is 4.98 Å². The minimum atomic E-state index is -0.549. The van der Waals surface area contributed by atoms with E-state index in [4.69, 9.17) is 4.74 Å². The van der Waals surface area contributed by atoms with E-state index in [1.807, 2.05) is 73.8 Å². The van der Waals surface area contributed by atoms with Crippen molar-refractivity contribution >= 4 is 39.8 Å². The highest BCUT2D eigenvalue weighted by atomic mass is 32.1. The van der Waals surface area contributed by atoms with Crippen LogP contribution >= 0.6 is 11.3 Å². The zero-order valence-corrected chi connectivity index (χ0v) is 18.2. The Morgan fingerprint density at radius 1 is 1.06 bits per heavy atom. The van der Waals surface area contributed by atoms with E-state index >= 15 is 0 Å². The Kier molecular flexibility index (Phi) is 6.09. The average molecular weight is 431 g/mol. The molecular formula is C25H22N2O3S. The van der Waals surface area contributed by atoms with Gasteiger partial charge in [-0.25, -0.2) is 9.78 Å². The summed E-state index contributed by atoms with van der Waals surface area (Å²) in [5, 5.41) is 5.54. The third-order valence-electron chi connectivity index (χ3n) is 5.05. The van der Waals surface area contributed by atoms with E-state index in [-0.39, 0.29) is 12.5 Å². The number of benzene rings is 2. The number of hydrogen-bond donors (Lipinski definition) is 1. The van der Waals surface area contributed by atoms with Gasteiger partial charge in [-0.15, -0.1) is 11.3 Å². The standard InChI is InChI=1S/C25H22N2O3S/c1-3-17-9-6-8-16(2)24(17)27-23(28)15-30-25(29)19-14-21(22-12-7-13-31-22)26-20-11-5-4-10-18(19)20/h4-14H,3,15H2,1-2H3,(H,27,28). The summed E-state index contributed by atoms with van der Waals surface area (Å²) in [6.45, 7) is 3.61. The summed E-state index contributed by atoms with van der Waals surface area (Å²) in [5.41, 5.74) is 4.60. The Bertz CT molecular complexity index is 1250. The van der Waals surface area contributed by atoms with Gasteiger partial charge in [0.25, 0.3) is 5.91 Å². The van der Waals surface area contributed by atoms with Crippen LogP contribution < -0.4 is 5.32 Å². The van der Waals surface area contributed by atoms with Crippen LogP contribution in [0.3, 0.4) is 0 Å². The quantitative estimate of drug-likeness (QED) is 0.403. The smallest absolute Gasteiger partial charge is 0.339 e. The summed E-state index contributed by atoms with van der Waals surface area (Å²) in [5.74, 6) is -0.916. The number of pyridine rings is 1. The number of para-hydroxylation sites is 2. The molecule has 0 aliphatic heterocycles. The van der Waals surface area contributed by atoms with Gasteiger partial charge in [-0.1, -0.05) is 49.4 Å². The lowest BCUT2D eigenvalue weighted by atomic mass is 10.1. The van der Waals surface area contributed by atoms with E-state index in [9.17, 15) is 9.59 Å². The number of aromatic nitrogens is 1. The van der Waals surface area contributed by atoms with Gasteiger partial charge in [0.1, 0.15) is 0 Å². The first-order valence-corrected chi connectivity index (χ1v) is 10.9. The number of aryl methyl sites for hydroxylation is 2. The van der Waals surface area contributed by atoms with Crippen molar-refractivity contribution in [2.45, 2.75) is 20.3 Å². The topological polar surface area (TPSA) is 68.3 Å². The number of thiophene rings is 1. The van der Waals surface area contributed by atoms with Crippen LogP contribution in [0.25, 0.3) is 21.5 Å². The van der Waals surface area contributed by atoms with Crippen molar-refractivity contribution in [2.75, 3.05) is 11.9 Å². The molecule has 0 saturated heterocycles. The third kappa shape index (κ3) is 4.49. The number of carbonyl (C=O) groups is 2. The van der Waals surface area contributed by atoms with Crippen LogP contribution in [0.4, 0.5) is 5.69 Å². The Hall–Kier alpha value is -3.51. The third-order valence-corrected chi connectivity index (χ3v) is 5.94. The molecule has 0 atom stereocenters. The highest BCUT2D eigenvalue weighted by Crippen LogP contribution is 2.28. The Morgan fingerprint density at radius 2 is 1.90 bits per heavy atom. The van der Waals surface area contributed by atoms with Crippen LogP contribution in [0.1, 0.15) is 28.4 Å². The van der Waals surface area contributed by atoms with Crippen molar-refractivity contribution in [1.29, 1.82) is 0 Å². The van der Waals surface area contributed by atoms with Crippen molar-refractivity contribution in [3.8, 4) is 10.6 Å². The minimum Gasteiger partial charge on any atom is -0.452 e. The molecule has 0 fully saturated rings. The summed E-state index contributed by atoms with van der Waals surface area (Å²) < 4.78 is 5.38. The first-order chi connectivity index (χ1) is 15.1. The van der Waals surface area contributed by atoms with Crippen LogP contribution in [-0.2, 0) is 16.0 Å². The SMILES string of the molecule is CCc1cccc(C)c1NC(=O)COC(=O)c1cc(-c2cccs2)nc2ccccc12. The number of rotatable bonds is 6. The van der Waals surface area contributed by atoms with Crippen molar-refractivity contribution in [3.63, 3.8) is 0 Å². The van der Waals surface area contributed by atoms with Gasteiger partial charge in [-0.05, 0) is 48.1 Å². The number of fused-ring (bicyclic) bond motifs is 1. The Labute approximate surface area is 184 Å². The summed E-state index contributed by atoms with van der Waals surface area (Å²) in [6, 6.07) is 18.9. The summed E-state index contributed by atoms with van der Waals surface area (Å²) in [4.78, 5) is 31.0. The zero-order chi connectivity index (χ0) is 21.8. The monoisotopic (exact) mass is 430 g/mol. The fraction of sp³-hybridized carbons (Fsp3) is 0.160. The van der Waals surface area contributed by atoms with Crippen molar-refractivity contribution < 1.29 is 14.3 Å². The first-order valence-electron chi connectivity index (χ1n) is 10.1. The molecule has 0 unspecified atom stereocenters. The lowest BCUT2D eigenvalue weighted by molar-refractivity contribution is -0.119. The number of nitrogens with zero attached hydrogens (tertiary/aromatic N) is 1. The molecule has 6 heteroatoms. The molecule has 0 spiro atoms. The van der Waals surface area contributed by atoms with Gasteiger partial charge in [0.05, 0.1) is 21.7 Å². The van der Waals surface area contributed by atoms with E-state index in [2.05, 4.69) is 10.3 Å². The molecule has 0 aliphatic rings. The molecule has 2 aromatic carbocycles. The van der Waals surface area contributed by atoms with Crippen LogP contribution in [-0.4, -0.2) is 23.5 Å². The summed E-state index contributed by atoms with van der Waals surface area (Å²) in [6.07, 6.45) is 0.797. The highest BCUT2D eigenvalue weighted by Gasteiger charge is 2.17. The molecule has 4 aromatic rings. The van der Waals surface area contributed by atoms with Gasteiger partial charge in [0.2, 0.25) is 0 Å². The zero-order valence-electron chi connectivity index (χ0n) is 17.3. The maximum Gasteiger partial charge on any atom is 0.339 e. The summed E-state index contributed by atoms with van der Waals surface area (Å²) in [7, 11) is 0. The molecule has 5 nitrogen and oxygen atoms in total. The van der Waals surface area contributed by atoms with Gasteiger partial charge in [-0.2, -0.15) is 0 Å². The number of amides is 1. The van der Waals surface area contributed by atoms with E-state index < -0.39 is 5.97 Å². The molecule has 31 heavy (non-hydrogen) atoms. The Morgan fingerprint density at radius 3 is 2.68 bits per heavy atom. The maximum atomic E-state index is 12.9. The van der Waals surface area contributed by atoms with Gasteiger partial charge in [0, 0.05) is 11.1 Å². The summed E-state index contributed by atoms with van der Waals surface area (Å²) >= 11 is 1.55. The molecule has 4 rings (SSSR count). The average Bonchev–Trinajstić information content (AvgIpc) is 3.33. The number of carbonyl (C=O) groups excluding carboxylic acids is 2.